The minimum atomic E-state index is 0.297. The Bertz CT molecular complexity index is 270. The van der Waals surface area contributed by atoms with Crippen molar-refractivity contribution in [1.29, 1.82) is 0 Å². The molecule has 0 amide bonds. The third kappa shape index (κ3) is 2.97. The van der Waals surface area contributed by atoms with Gasteiger partial charge in [-0.1, -0.05) is 29.8 Å². The first kappa shape index (κ1) is 9.14. The fourth-order valence-corrected chi connectivity index (χ4v) is 0.968. The molecule has 1 nitrogen and oxygen atoms in total. The highest BCUT2D eigenvalue weighted by atomic mass is 35.5. The van der Waals surface area contributed by atoms with Crippen molar-refractivity contribution in [2.24, 2.45) is 0 Å². The van der Waals surface area contributed by atoms with E-state index < -0.39 is 0 Å². The standard InChI is InChI=1S/C10H11ClO/c1-8(11)2-3-9-4-6-10(12)7-5-9/h2,4-7,12H,3H2,1H3/b8-2+. The molecule has 0 spiro atoms. The molecular formula is C10H11ClO. The number of allylic oxidation sites excluding steroid dienone is 2. The quantitative estimate of drug-likeness (QED) is 0.746. The highest BCUT2D eigenvalue weighted by Crippen LogP contribution is 2.11. The average Bonchev–Trinajstić information content (AvgIpc) is 2.03. The molecule has 2 heteroatoms. The van der Waals surface area contributed by atoms with Gasteiger partial charge in [-0.05, 0) is 31.0 Å². The first-order valence-electron chi connectivity index (χ1n) is 3.78. The molecule has 0 aliphatic heterocycles. The summed E-state index contributed by atoms with van der Waals surface area (Å²) in [5.74, 6) is 0.297. The number of hydrogen-bond donors (Lipinski definition) is 1. The summed E-state index contributed by atoms with van der Waals surface area (Å²) in [6, 6.07) is 7.11. The Balaban J connectivity index is 2.65. The second-order valence-electron chi connectivity index (χ2n) is 2.66. The number of benzene rings is 1. The van der Waals surface area contributed by atoms with E-state index in [1.54, 1.807) is 12.1 Å². The molecule has 0 fully saturated rings. The zero-order chi connectivity index (χ0) is 8.97. The van der Waals surface area contributed by atoms with Gasteiger partial charge in [0.25, 0.3) is 0 Å². The maximum atomic E-state index is 8.99. The van der Waals surface area contributed by atoms with Gasteiger partial charge in [-0.25, -0.2) is 0 Å². The highest BCUT2D eigenvalue weighted by Gasteiger charge is 1.90. The molecule has 0 bridgehead atoms. The molecule has 0 heterocycles. The van der Waals surface area contributed by atoms with Gasteiger partial charge < -0.3 is 5.11 Å². The predicted molar refractivity (Wildman–Crippen MR) is 51.4 cm³/mol. The molecule has 1 aromatic carbocycles. The van der Waals surface area contributed by atoms with Gasteiger partial charge in [-0.15, -0.1) is 0 Å². The fourth-order valence-electron chi connectivity index (χ4n) is 0.891. The maximum absolute atomic E-state index is 8.99. The lowest BCUT2D eigenvalue weighted by Gasteiger charge is -1.96. The Morgan fingerprint density at radius 1 is 1.42 bits per heavy atom. The smallest absolute Gasteiger partial charge is 0.115 e. The molecule has 0 aliphatic rings. The molecule has 0 aliphatic carbocycles. The Morgan fingerprint density at radius 3 is 2.50 bits per heavy atom. The molecule has 0 atom stereocenters. The van der Waals surface area contributed by atoms with E-state index in [1.165, 1.54) is 0 Å². The second kappa shape index (κ2) is 4.17. The van der Waals surface area contributed by atoms with E-state index >= 15 is 0 Å². The predicted octanol–water partition coefficient (Wildman–Crippen LogP) is 3.08. The summed E-state index contributed by atoms with van der Waals surface area (Å²) in [6.07, 6.45) is 2.75. The SMILES string of the molecule is C/C(Cl)=C\Cc1ccc(O)cc1. The summed E-state index contributed by atoms with van der Waals surface area (Å²) < 4.78 is 0. The summed E-state index contributed by atoms with van der Waals surface area (Å²) in [4.78, 5) is 0. The van der Waals surface area contributed by atoms with Crippen molar-refractivity contribution < 1.29 is 5.11 Å². The summed E-state index contributed by atoms with van der Waals surface area (Å²) >= 11 is 5.67. The molecule has 12 heavy (non-hydrogen) atoms. The first-order valence-corrected chi connectivity index (χ1v) is 4.16. The molecule has 1 aromatic rings. The van der Waals surface area contributed by atoms with Gasteiger partial charge in [-0.2, -0.15) is 0 Å². The third-order valence-corrected chi connectivity index (χ3v) is 1.71. The summed E-state index contributed by atoms with van der Waals surface area (Å²) in [6.45, 7) is 1.85. The fraction of sp³-hybridized carbons (Fsp3) is 0.200. The molecule has 0 radical (unpaired) electrons. The number of rotatable bonds is 2. The lowest BCUT2D eigenvalue weighted by atomic mass is 10.1. The Kier molecular flexibility index (Phi) is 3.18. The number of phenolic OH excluding ortho intramolecular Hbond substituents is 1. The van der Waals surface area contributed by atoms with Crippen LogP contribution < -0.4 is 0 Å². The second-order valence-corrected chi connectivity index (χ2v) is 3.26. The number of halogens is 1. The van der Waals surface area contributed by atoms with Crippen LogP contribution in [0, 0.1) is 0 Å². The van der Waals surface area contributed by atoms with Crippen molar-refractivity contribution in [2.75, 3.05) is 0 Å². The van der Waals surface area contributed by atoms with Gasteiger partial charge in [0.2, 0.25) is 0 Å². The molecule has 0 aromatic heterocycles. The Hall–Kier alpha value is -0.950. The minimum absolute atomic E-state index is 0.297. The normalized spacial score (nSPS) is 11.7. The van der Waals surface area contributed by atoms with E-state index in [-0.39, 0.29) is 0 Å². The molecule has 0 saturated carbocycles. The van der Waals surface area contributed by atoms with E-state index in [2.05, 4.69) is 0 Å². The van der Waals surface area contributed by atoms with Crippen molar-refractivity contribution in [2.45, 2.75) is 13.3 Å². The van der Waals surface area contributed by atoms with Crippen molar-refractivity contribution >= 4 is 11.6 Å². The molecule has 1 rings (SSSR count). The topological polar surface area (TPSA) is 20.2 Å². The zero-order valence-electron chi connectivity index (χ0n) is 6.92. The highest BCUT2D eigenvalue weighted by molar-refractivity contribution is 6.29. The van der Waals surface area contributed by atoms with Gasteiger partial charge in [0, 0.05) is 5.03 Å². The van der Waals surface area contributed by atoms with E-state index in [1.807, 2.05) is 25.1 Å². The number of aromatic hydroxyl groups is 1. The van der Waals surface area contributed by atoms with Gasteiger partial charge in [0.15, 0.2) is 0 Å². The van der Waals surface area contributed by atoms with Gasteiger partial charge >= 0.3 is 0 Å². The van der Waals surface area contributed by atoms with Crippen molar-refractivity contribution in [3.63, 3.8) is 0 Å². The third-order valence-electron chi connectivity index (χ3n) is 1.56. The van der Waals surface area contributed by atoms with Crippen LogP contribution in [-0.4, -0.2) is 5.11 Å². The van der Waals surface area contributed by atoms with Crippen molar-refractivity contribution in [3.05, 3.63) is 40.9 Å². The van der Waals surface area contributed by atoms with Crippen LogP contribution in [0.3, 0.4) is 0 Å². The molecule has 0 unspecified atom stereocenters. The van der Waals surface area contributed by atoms with Crippen LogP contribution in [0.2, 0.25) is 0 Å². The zero-order valence-corrected chi connectivity index (χ0v) is 7.67. The number of hydrogen-bond acceptors (Lipinski definition) is 1. The van der Waals surface area contributed by atoms with Crippen LogP contribution in [0.15, 0.2) is 35.4 Å². The first-order chi connectivity index (χ1) is 5.68. The van der Waals surface area contributed by atoms with E-state index in [0.29, 0.717) is 5.75 Å². The van der Waals surface area contributed by atoms with Crippen molar-refractivity contribution in [1.82, 2.24) is 0 Å². The maximum Gasteiger partial charge on any atom is 0.115 e. The van der Waals surface area contributed by atoms with Crippen LogP contribution >= 0.6 is 11.6 Å². The Morgan fingerprint density at radius 2 is 2.00 bits per heavy atom. The van der Waals surface area contributed by atoms with Crippen LogP contribution in [0.1, 0.15) is 12.5 Å². The summed E-state index contributed by atoms with van der Waals surface area (Å²) in [7, 11) is 0. The lowest BCUT2D eigenvalue weighted by Crippen LogP contribution is -1.79. The lowest BCUT2D eigenvalue weighted by molar-refractivity contribution is 0.475. The van der Waals surface area contributed by atoms with Crippen molar-refractivity contribution in [3.8, 4) is 5.75 Å². The van der Waals surface area contributed by atoms with E-state index in [0.717, 1.165) is 17.0 Å². The van der Waals surface area contributed by atoms with Gasteiger partial charge in [-0.3, -0.25) is 0 Å². The van der Waals surface area contributed by atoms with Gasteiger partial charge in [0.1, 0.15) is 5.75 Å². The molecule has 64 valence electrons. The van der Waals surface area contributed by atoms with Crippen LogP contribution in [0.4, 0.5) is 0 Å². The van der Waals surface area contributed by atoms with Crippen LogP contribution in [0.25, 0.3) is 0 Å². The molecule has 1 N–H and O–H groups in total. The van der Waals surface area contributed by atoms with E-state index in [4.69, 9.17) is 16.7 Å². The largest absolute Gasteiger partial charge is 0.508 e. The van der Waals surface area contributed by atoms with E-state index in [9.17, 15) is 0 Å². The van der Waals surface area contributed by atoms with Gasteiger partial charge in [0.05, 0.1) is 0 Å². The van der Waals surface area contributed by atoms with Crippen LogP contribution in [-0.2, 0) is 6.42 Å². The monoisotopic (exact) mass is 182 g/mol. The Labute approximate surface area is 77.3 Å². The van der Waals surface area contributed by atoms with Crippen LogP contribution in [0.5, 0.6) is 5.75 Å². The minimum Gasteiger partial charge on any atom is -0.508 e. The summed E-state index contributed by atoms with van der Waals surface area (Å²) in [5.41, 5.74) is 1.15. The molecule has 0 saturated heterocycles. The molecular weight excluding hydrogens is 172 g/mol. The number of phenols is 1. The summed E-state index contributed by atoms with van der Waals surface area (Å²) in [5, 5.41) is 9.79. The average molecular weight is 183 g/mol.